The van der Waals surface area contributed by atoms with Crippen LogP contribution in [0, 0.1) is 0 Å². The van der Waals surface area contributed by atoms with E-state index >= 15 is 0 Å². The number of hydrogen-bond donors (Lipinski definition) is 2. The third-order valence-electron chi connectivity index (χ3n) is 2.23. The summed E-state index contributed by atoms with van der Waals surface area (Å²) in [6.07, 6.45) is -2.43. The van der Waals surface area contributed by atoms with Crippen molar-refractivity contribution in [2.75, 3.05) is 7.11 Å². The van der Waals surface area contributed by atoms with E-state index in [0.29, 0.717) is 5.56 Å². The number of amides is 1. The molecule has 0 bridgehead atoms. The highest BCUT2D eigenvalue weighted by Crippen LogP contribution is 2.42. The SMILES string of the molecule is COC(=O)N[C@@H](O)C(Cl)(Cl)[C@@H](Cl)c1ccccc1. The van der Waals surface area contributed by atoms with Gasteiger partial charge in [-0.2, -0.15) is 0 Å². The number of alkyl carbamates (subject to hydrolysis) is 1. The van der Waals surface area contributed by atoms with Crippen molar-refractivity contribution in [3.63, 3.8) is 0 Å². The number of halogens is 3. The number of carbonyl (C=O) groups excluding carboxylic acids is 1. The lowest BCUT2D eigenvalue weighted by molar-refractivity contribution is 0.0984. The highest BCUT2D eigenvalue weighted by atomic mass is 35.5. The third-order valence-corrected chi connectivity index (χ3v) is 3.90. The van der Waals surface area contributed by atoms with Gasteiger partial charge in [-0.05, 0) is 5.56 Å². The Kier molecular flexibility index (Phi) is 5.53. The van der Waals surface area contributed by atoms with Crippen molar-refractivity contribution in [3.05, 3.63) is 35.9 Å². The highest BCUT2D eigenvalue weighted by molar-refractivity contribution is 6.52. The second kappa shape index (κ2) is 6.48. The Bertz CT molecular complexity index is 400. The fourth-order valence-corrected chi connectivity index (χ4v) is 1.88. The van der Waals surface area contributed by atoms with Crippen LogP contribution in [0.3, 0.4) is 0 Å². The van der Waals surface area contributed by atoms with Crippen molar-refractivity contribution in [1.29, 1.82) is 0 Å². The summed E-state index contributed by atoms with van der Waals surface area (Å²) in [5, 5.41) is 10.9. The zero-order valence-corrected chi connectivity index (χ0v) is 11.7. The molecular formula is C11H12Cl3NO3. The van der Waals surface area contributed by atoms with Crippen LogP contribution < -0.4 is 5.32 Å². The first-order valence-corrected chi connectivity index (χ1v) is 6.18. The molecule has 18 heavy (non-hydrogen) atoms. The normalized spacial score (nSPS) is 14.7. The van der Waals surface area contributed by atoms with Crippen LogP contribution in [0.2, 0.25) is 0 Å². The van der Waals surface area contributed by atoms with Gasteiger partial charge in [0.1, 0.15) is 0 Å². The Morgan fingerprint density at radius 2 is 1.94 bits per heavy atom. The van der Waals surface area contributed by atoms with Gasteiger partial charge in [-0.1, -0.05) is 53.5 Å². The van der Waals surface area contributed by atoms with E-state index < -0.39 is 22.0 Å². The number of methoxy groups -OCH3 is 1. The monoisotopic (exact) mass is 311 g/mol. The Balaban J connectivity index is 2.82. The lowest BCUT2D eigenvalue weighted by atomic mass is 10.1. The molecule has 0 fully saturated rings. The number of ether oxygens (including phenoxy) is 1. The van der Waals surface area contributed by atoms with Crippen molar-refractivity contribution >= 4 is 40.9 Å². The average molecular weight is 313 g/mol. The molecule has 0 aliphatic rings. The van der Waals surface area contributed by atoms with Crippen LogP contribution in [-0.2, 0) is 4.74 Å². The molecule has 0 unspecified atom stereocenters. The van der Waals surface area contributed by atoms with Gasteiger partial charge in [0.05, 0.1) is 12.5 Å². The predicted molar refractivity (Wildman–Crippen MR) is 71.0 cm³/mol. The molecule has 2 N–H and O–H groups in total. The standard InChI is InChI=1S/C11H12Cl3NO3/c1-18-10(17)15-9(16)11(13,14)8(12)7-5-3-2-4-6-7/h2-6,8-9,16H,1H3,(H,15,17)/t8-,9-/m0/s1. The summed E-state index contributed by atoms with van der Waals surface area (Å²) >= 11 is 18.1. The van der Waals surface area contributed by atoms with E-state index in [1.165, 1.54) is 0 Å². The molecule has 7 heteroatoms. The first kappa shape index (κ1) is 15.4. The van der Waals surface area contributed by atoms with Crippen LogP contribution in [0.1, 0.15) is 10.9 Å². The highest BCUT2D eigenvalue weighted by Gasteiger charge is 2.43. The predicted octanol–water partition coefficient (Wildman–Crippen LogP) is 2.81. The molecule has 0 aromatic heterocycles. The summed E-state index contributed by atoms with van der Waals surface area (Å²) < 4.78 is 2.54. The van der Waals surface area contributed by atoms with Crippen LogP contribution in [0.25, 0.3) is 0 Å². The van der Waals surface area contributed by atoms with Gasteiger partial charge in [0.15, 0.2) is 10.6 Å². The zero-order chi connectivity index (χ0) is 13.8. The maximum atomic E-state index is 11.0. The van der Waals surface area contributed by atoms with Crippen molar-refractivity contribution < 1.29 is 14.6 Å². The summed E-state index contributed by atoms with van der Waals surface area (Å²) in [6, 6.07) is 8.74. The molecule has 0 aliphatic heterocycles. The number of rotatable bonds is 4. The van der Waals surface area contributed by atoms with Crippen LogP contribution in [0.15, 0.2) is 30.3 Å². The van der Waals surface area contributed by atoms with E-state index in [0.717, 1.165) is 7.11 Å². The second-order valence-corrected chi connectivity index (χ2v) is 5.37. The van der Waals surface area contributed by atoms with E-state index in [-0.39, 0.29) is 0 Å². The molecule has 0 saturated carbocycles. The molecular weight excluding hydrogens is 300 g/mol. The molecule has 0 saturated heterocycles. The van der Waals surface area contributed by atoms with Crippen LogP contribution in [0.4, 0.5) is 4.79 Å². The van der Waals surface area contributed by atoms with E-state index in [1.807, 2.05) is 0 Å². The summed E-state index contributed by atoms with van der Waals surface area (Å²) in [5.41, 5.74) is 0.620. The number of aliphatic hydroxyl groups is 1. The minimum absolute atomic E-state index is 0.620. The lowest BCUT2D eigenvalue weighted by Crippen LogP contribution is -2.48. The van der Waals surface area contributed by atoms with Gasteiger partial charge in [0.25, 0.3) is 0 Å². The molecule has 0 aliphatic carbocycles. The van der Waals surface area contributed by atoms with E-state index in [2.05, 4.69) is 10.1 Å². The van der Waals surface area contributed by atoms with Gasteiger partial charge >= 0.3 is 6.09 Å². The van der Waals surface area contributed by atoms with E-state index in [9.17, 15) is 9.90 Å². The Morgan fingerprint density at radius 1 is 1.39 bits per heavy atom. The molecule has 4 nitrogen and oxygen atoms in total. The number of benzene rings is 1. The van der Waals surface area contributed by atoms with Crippen molar-refractivity contribution in [3.8, 4) is 0 Å². The smallest absolute Gasteiger partial charge is 0.408 e. The van der Waals surface area contributed by atoms with Crippen LogP contribution in [0.5, 0.6) is 0 Å². The molecule has 0 heterocycles. The second-order valence-electron chi connectivity index (χ2n) is 3.49. The Hall–Kier alpha value is -0.680. The molecule has 1 rings (SSSR count). The summed E-state index contributed by atoms with van der Waals surface area (Å²) in [6.45, 7) is 0. The minimum atomic E-state index is -1.79. The summed E-state index contributed by atoms with van der Waals surface area (Å²) in [5.74, 6) is 0. The molecule has 0 spiro atoms. The molecule has 0 radical (unpaired) electrons. The lowest BCUT2D eigenvalue weighted by Gasteiger charge is -2.30. The number of carbonyl (C=O) groups is 1. The van der Waals surface area contributed by atoms with Gasteiger partial charge in [0.2, 0.25) is 0 Å². The first-order valence-electron chi connectivity index (χ1n) is 4.99. The maximum Gasteiger partial charge on any atom is 0.408 e. The molecule has 1 aromatic rings. The van der Waals surface area contributed by atoms with Gasteiger partial charge in [-0.3, -0.25) is 5.32 Å². The quantitative estimate of drug-likeness (QED) is 0.664. The Labute approximate surface area is 120 Å². The third kappa shape index (κ3) is 3.65. The molecule has 1 amide bonds. The number of aliphatic hydroxyl groups excluding tert-OH is 1. The van der Waals surface area contributed by atoms with Crippen molar-refractivity contribution in [2.45, 2.75) is 15.9 Å². The topological polar surface area (TPSA) is 58.6 Å². The van der Waals surface area contributed by atoms with E-state index in [4.69, 9.17) is 34.8 Å². The summed E-state index contributed by atoms with van der Waals surface area (Å²) in [4.78, 5) is 11.0. The number of hydrogen-bond acceptors (Lipinski definition) is 3. The fraction of sp³-hybridized carbons (Fsp3) is 0.364. The molecule has 2 atom stereocenters. The van der Waals surface area contributed by atoms with Crippen molar-refractivity contribution in [2.24, 2.45) is 0 Å². The Morgan fingerprint density at radius 3 is 2.44 bits per heavy atom. The maximum absolute atomic E-state index is 11.0. The zero-order valence-electron chi connectivity index (χ0n) is 9.44. The fourth-order valence-electron chi connectivity index (χ4n) is 1.25. The first-order chi connectivity index (χ1) is 8.39. The van der Waals surface area contributed by atoms with Gasteiger partial charge in [-0.15, -0.1) is 11.6 Å². The van der Waals surface area contributed by atoms with Gasteiger partial charge < -0.3 is 9.84 Å². The van der Waals surface area contributed by atoms with Crippen LogP contribution >= 0.6 is 34.8 Å². The number of alkyl halides is 3. The largest absolute Gasteiger partial charge is 0.453 e. The van der Waals surface area contributed by atoms with E-state index in [1.54, 1.807) is 30.3 Å². The minimum Gasteiger partial charge on any atom is -0.453 e. The number of nitrogens with one attached hydrogen (secondary N) is 1. The summed E-state index contributed by atoms with van der Waals surface area (Å²) in [7, 11) is 1.15. The molecule has 100 valence electrons. The molecule has 1 aromatic carbocycles. The van der Waals surface area contributed by atoms with Gasteiger partial charge in [-0.25, -0.2) is 4.79 Å². The average Bonchev–Trinajstić information content (AvgIpc) is 2.38. The van der Waals surface area contributed by atoms with Crippen LogP contribution in [-0.4, -0.2) is 28.9 Å². The van der Waals surface area contributed by atoms with Gasteiger partial charge in [0, 0.05) is 0 Å². The van der Waals surface area contributed by atoms with Crippen molar-refractivity contribution in [1.82, 2.24) is 5.32 Å².